The Morgan fingerprint density at radius 3 is 2.15 bits per heavy atom. The van der Waals surface area contributed by atoms with Crippen molar-refractivity contribution in [3.8, 4) is 22.6 Å². The Kier molecular flexibility index (Phi) is 8.05. The van der Waals surface area contributed by atoms with E-state index in [-0.39, 0.29) is 11.3 Å². The van der Waals surface area contributed by atoms with E-state index in [2.05, 4.69) is 60.7 Å². The number of carbonyl (C=O) groups is 1. The Hall–Kier alpha value is -3.25. The lowest BCUT2D eigenvalue weighted by molar-refractivity contribution is 0.0965. The number of hydrogen-bond donors (Lipinski definition) is 3. The Bertz CT molecular complexity index is 1190. The zero-order chi connectivity index (χ0) is 24.9. The summed E-state index contributed by atoms with van der Waals surface area (Å²) in [4.78, 5) is 21.6. The highest BCUT2D eigenvalue weighted by Crippen LogP contribution is 2.30. The second-order valence-electron chi connectivity index (χ2n) is 9.33. The lowest BCUT2D eigenvalue weighted by Crippen LogP contribution is -2.23. The molecule has 6 heteroatoms. The van der Waals surface area contributed by atoms with Gasteiger partial charge in [-0.05, 0) is 54.9 Å². The van der Waals surface area contributed by atoms with E-state index in [9.17, 15) is 4.79 Å². The number of amides is 1. The number of thioether (sulfide) groups is 1. The maximum Gasteiger partial charge on any atom is 0.274 e. The molecule has 1 heterocycles. The van der Waals surface area contributed by atoms with Crippen molar-refractivity contribution < 1.29 is 4.79 Å². The van der Waals surface area contributed by atoms with Gasteiger partial charge in [0.2, 0.25) is 0 Å². The number of carbonyl (C=O) groups excluding carboxylic acids is 1. The summed E-state index contributed by atoms with van der Waals surface area (Å²) in [5, 5.41) is 8.95. The van der Waals surface area contributed by atoms with Crippen LogP contribution >= 0.6 is 11.8 Å². The molecule has 0 bridgehead atoms. The SMILES string of the molecule is C/C=C\SC(NC(=O)c1[nH]c(-c2ccc(C(C)(C)C)cc2)nc1-c1ccc(NC)cc1)=C(C)C. The van der Waals surface area contributed by atoms with Gasteiger partial charge < -0.3 is 15.6 Å². The molecule has 0 unspecified atom stereocenters. The first-order chi connectivity index (χ1) is 16.1. The molecular weight excluding hydrogens is 440 g/mol. The van der Waals surface area contributed by atoms with Crippen molar-refractivity contribution >= 4 is 23.4 Å². The summed E-state index contributed by atoms with van der Waals surface area (Å²) in [7, 11) is 1.88. The first-order valence-corrected chi connectivity index (χ1v) is 12.3. The zero-order valence-corrected chi connectivity index (χ0v) is 21.9. The highest BCUT2D eigenvalue weighted by atomic mass is 32.2. The van der Waals surface area contributed by atoms with Gasteiger partial charge in [-0.2, -0.15) is 0 Å². The molecule has 0 spiro atoms. The third-order valence-corrected chi connectivity index (χ3v) is 6.56. The fourth-order valence-corrected chi connectivity index (χ4v) is 4.04. The van der Waals surface area contributed by atoms with Gasteiger partial charge in [0.05, 0.1) is 5.03 Å². The summed E-state index contributed by atoms with van der Waals surface area (Å²) >= 11 is 1.49. The molecule has 0 fully saturated rings. The van der Waals surface area contributed by atoms with Crippen molar-refractivity contribution in [2.75, 3.05) is 12.4 Å². The predicted octanol–water partition coefficient (Wildman–Crippen LogP) is 7.33. The van der Waals surface area contributed by atoms with Crippen LogP contribution in [0.4, 0.5) is 5.69 Å². The molecule has 34 heavy (non-hydrogen) atoms. The normalized spacial score (nSPS) is 11.5. The van der Waals surface area contributed by atoms with Crippen molar-refractivity contribution in [1.29, 1.82) is 0 Å². The third-order valence-electron chi connectivity index (χ3n) is 5.41. The minimum atomic E-state index is -0.217. The van der Waals surface area contributed by atoms with Crippen molar-refractivity contribution in [2.45, 2.75) is 47.0 Å². The molecule has 0 atom stereocenters. The average Bonchev–Trinajstić information content (AvgIpc) is 3.26. The molecule has 2 aromatic carbocycles. The molecular formula is C28H34N4OS. The van der Waals surface area contributed by atoms with Crippen LogP contribution in [-0.2, 0) is 5.41 Å². The van der Waals surface area contributed by atoms with Gasteiger partial charge in [0, 0.05) is 23.9 Å². The molecule has 3 N–H and O–H groups in total. The van der Waals surface area contributed by atoms with Gasteiger partial charge in [-0.3, -0.25) is 4.79 Å². The van der Waals surface area contributed by atoms with Crippen LogP contribution in [0.2, 0.25) is 0 Å². The number of hydrogen-bond acceptors (Lipinski definition) is 4. The smallest absolute Gasteiger partial charge is 0.274 e. The van der Waals surface area contributed by atoms with Gasteiger partial charge in [0.25, 0.3) is 5.91 Å². The monoisotopic (exact) mass is 474 g/mol. The highest BCUT2D eigenvalue weighted by Gasteiger charge is 2.21. The van der Waals surface area contributed by atoms with Crippen LogP contribution < -0.4 is 10.6 Å². The lowest BCUT2D eigenvalue weighted by Gasteiger charge is -2.18. The van der Waals surface area contributed by atoms with Crippen LogP contribution in [0.5, 0.6) is 0 Å². The van der Waals surface area contributed by atoms with Crippen LogP contribution in [0.25, 0.3) is 22.6 Å². The number of aromatic nitrogens is 2. The quantitative estimate of drug-likeness (QED) is 0.335. The minimum Gasteiger partial charge on any atom is -0.388 e. The van der Waals surface area contributed by atoms with Gasteiger partial charge >= 0.3 is 0 Å². The molecule has 0 aliphatic heterocycles. The maximum atomic E-state index is 13.4. The Balaban J connectivity index is 2.05. The summed E-state index contributed by atoms with van der Waals surface area (Å²) in [5.41, 5.74) is 6.22. The Morgan fingerprint density at radius 2 is 1.62 bits per heavy atom. The van der Waals surface area contributed by atoms with Gasteiger partial charge in [0.1, 0.15) is 17.2 Å². The van der Waals surface area contributed by atoms with E-state index < -0.39 is 0 Å². The largest absolute Gasteiger partial charge is 0.388 e. The first-order valence-electron chi connectivity index (χ1n) is 11.4. The van der Waals surface area contributed by atoms with Gasteiger partial charge in [-0.1, -0.05) is 75.0 Å². The van der Waals surface area contributed by atoms with Crippen molar-refractivity contribution in [1.82, 2.24) is 15.3 Å². The van der Waals surface area contributed by atoms with Crippen molar-refractivity contribution in [3.63, 3.8) is 0 Å². The number of imidazole rings is 1. The molecule has 3 aromatic rings. The lowest BCUT2D eigenvalue weighted by atomic mass is 9.87. The summed E-state index contributed by atoms with van der Waals surface area (Å²) in [6.45, 7) is 12.5. The second kappa shape index (κ2) is 10.8. The molecule has 1 aromatic heterocycles. The molecule has 3 rings (SSSR count). The van der Waals surface area contributed by atoms with Crippen molar-refractivity contribution in [2.24, 2.45) is 0 Å². The highest BCUT2D eigenvalue weighted by molar-refractivity contribution is 8.05. The van der Waals surface area contributed by atoms with E-state index in [4.69, 9.17) is 4.98 Å². The van der Waals surface area contributed by atoms with Crippen LogP contribution in [0.15, 0.2) is 70.6 Å². The first kappa shape index (κ1) is 25.4. The molecule has 1 amide bonds. The van der Waals surface area contributed by atoms with E-state index in [1.165, 1.54) is 17.3 Å². The molecule has 5 nitrogen and oxygen atoms in total. The number of anilines is 1. The summed E-state index contributed by atoms with van der Waals surface area (Å²) in [6, 6.07) is 16.3. The summed E-state index contributed by atoms with van der Waals surface area (Å²) < 4.78 is 0. The maximum absolute atomic E-state index is 13.4. The summed E-state index contributed by atoms with van der Waals surface area (Å²) in [5.74, 6) is 0.448. The average molecular weight is 475 g/mol. The standard InChI is InChI=1S/C28H34N4OS/c1-8-17-34-27(18(2)3)32-26(33)24-23(19-11-15-22(29-7)16-12-19)30-25(31-24)20-9-13-21(14-10-20)28(4,5)6/h8-17,29H,1-7H3,(H,30,31)(H,32,33)/b17-8-. The van der Waals surface area contributed by atoms with E-state index in [1.54, 1.807) is 0 Å². The molecule has 0 radical (unpaired) electrons. The molecule has 0 aliphatic rings. The number of rotatable bonds is 7. The van der Waals surface area contributed by atoms with Crippen LogP contribution in [0.1, 0.15) is 57.6 Å². The molecule has 0 saturated carbocycles. The Morgan fingerprint density at radius 1 is 1.00 bits per heavy atom. The van der Waals surface area contributed by atoms with E-state index in [1.807, 2.05) is 63.6 Å². The Labute approximate surface area is 207 Å². The topological polar surface area (TPSA) is 69.8 Å². The number of aromatic amines is 1. The van der Waals surface area contributed by atoms with Crippen LogP contribution in [0.3, 0.4) is 0 Å². The summed E-state index contributed by atoms with van der Waals surface area (Å²) in [6.07, 6.45) is 1.95. The zero-order valence-electron chi connectivity index (χ0n) is 21.0. The predicted molar refractivity (Wildman–Crippen MR) is 146 cm³/mol. The van der Waals surface area contributed by atoms with Gasteiger partial charge in [-0.25, -0.2) is 4.98 Å². The van der Waals surface area contributed by atoms with Crippen LogP contribution in [-0.4, -0.2) is 22.9 Å². The molecule has 178 valence electrons. The third kappa shape index (κ3) is 6.00. The van der Waals surface area contributed by atoms with Crippen LogP contribution in [0, 0.1) is 0 Å². The van der Waals surface area contributed by atoms with E-state index in [0.29, 0.717) is 17.2 Å². The molecule has 0 aliphatic carbocycles. The number of nitrogens with zero attached hydrogens (tertiary/aromatic N) is 1. The number of allylic oxidation sites excluding steroid dienone is 2. The fourth-order valence-electron chi connectivity index (χ4n) is 3.38. The number of nitrogens with one attached hydrogen (secondary N) is 3. The number of H-pyrrole nitrogens is 1. The van der Waals surface area contributed by atoms with Gasteiger partial charge in [0.15, 0.2) is 0 Å². The van der Waals surface area contributed by atoms with E-state index in [0.717, 1.165) is 27.4 Å². The molecule has 0 saturated heterocycles. The van der Waals surface area contributed by atoms with E-state index >= 15 is 0 Å². The number of benzene rings is 2. The minimum absolute atomic E-state index is 0.0678. The van der Waals surface area contributed by atoms with Gasteiger partial charge in [-0.15, -0.1) is 0 Å². The second-order valence-corrected chi connectivity index (χ2v) is 10.3. The van der Waals surface area contributed by atoms with Crippen molar-refractivity contribution in [3.05, 3.63) is 81.9 Å². The fraction of sp³-hybridized carbons (Fsp3) is 0.286.